The van der Waals surface area contributed by atoms with Crippen LogP contribution in [0.1, 0.15) is 34.8 Å². The van der Waals surface area contributed by atoms with Crippen molar-refractivity contribution in [2.24, 2.45) is 5.92 Å². The molecule has 4 heterocycles. The molecule has 2 aliphatic rings. The molecule has 0 saturated carbocycles. The summed E-state index contributed by atoms with van der Waals surface area (Å²) in [7, 11) is 0. The number of aromatic nitrogens is 1. The quantitative estimate of drug-likeness (QED) is 0.374. The molecule has 166 valence electrons. The molecule has 1 N–H and O–H groups in total. The van der Waals surface area contributed by atoms with E-state index in [2.05, 4.69) is 57.7 Å². The van der Waals surface area contributed by atoms with Gasteiger partial charge in [-0.15, -0.1) is 11.3 Å². The van der Waals surface area contributed by atoms with Gasteiger partial charge < -0.3 is 9.84 Å². The van der Waals surface area contributed by atoms with Crippen LogP contribution in [0.4, 0.5) is 0 Å². The number of phenolic OH excluding ortho intramolecular Hbond substituents is 1. The molecule has 0 amide bonds. The summed E-state index contributed by atoms with van der Waals surface area (Å²) in [6.45, 7) is 3.23. The molecular formula is C28H26N2O2S. The SMILES string of the molecule is Oc1cccc2c1Oc1cc(-c3cccnc3)ccc1C2C1CCN(Cc2cccs2)CC1. The van der Waals surface area contributed by atoms with Crippen molar-refractivity contribution >= 4 is 11.3 Å². The highest BCUT2D eigenvalue weighted by Crippen LogP contribution is 2.53. The van der Waals surface area contributed by atoms with E-state index in [4.69, 9.17) is 4.74 Å². The highest BCUT2D eigenvalue weighted by atomic mass is 32.1. The van der Waals surface area contributed by atoms with Crippen LogP contribution < -0.4 is 4.74 Å². The van der Waals surface area contributed by atoms with E-state index in [1.165, 1.54) is 10.4 Å². The molecule has 2 aromatic heterocycles. The summed E-state index contributed by atoms with van der Waals surface area (Å²) in [5, 5.41) is 12.8. The fourth-order valence-corrected chi connectivity index (χ4v) is 6.09. The lowest BCUT2D eigenvalue weighted by Crippen LogP contribution is -2.35. The number of ether oxygens (including phenoxy) is 1. The zero-order chi connectivity index (χ0) is 22.2. The number of thiophene rings is 1. The van der Waals surface area contributed by atoms with Crippen molar-refractivity contribution in [1.82, 2.24) is 9.88 Å². The van der Waals surface area contributed by atoms with Gasteiger partial charge in [0.25, 0.3) is 0 Å². The van der Waals surface area contributed by atoms with Gasteiger partial charge in [-0.05, 0) is 67.1 Å². The maximum atomic E-state index is 10.6. The Labute approximate surface area is 198 Å². The van der Waals surface area contributed by atoms with Crippen molar-refractivity contribution in [3.63, 3.8) is 0 Å². The summed E-state index contributed by atoms with van der Waals surface area (Å²) < 4.78 is 6.30. The number of para-hydroxylation sites is 1. The summed E-state index contributed by atoms with van der Waals surface area (Å²) in [5.74, 6) is 2.40. The Morgan fingerprint density at radius 3 is 2.67 bits per heavy atom. The van der Waals surface area contributed by atoms with Crippen LogP contribution in [0.5, 0.6) is 17.2 Å². The fraction of sp³-hybridized carbons (Fsp3) is 0.250. The minimum atomic E-state index is 0.213. The summed E-state index contributed by atoms with van der Waals surface area (Å²) in [6, 6.07) is 20.6. The van der Waals surface area contributed by atoms with Gasteiger partial charge in [0, 0.05) is 46.4 Å². The summed E-state index contributed by atoms with van der Waals surface area (Å²) in [6.07, 6.45) is 5.92. The molecule has 4 aromatic rings. The molecule has 0 radical (unpaired) electrons. The van der Waals surface area contributed by atoms with Crippen molar-refractivity contribution in [2.45, 2.75) is 25.3 Å². The van der Waals surface area contributed by atoms with Crippen molar-refractivity contribution in [1.29, 1.82) is 0 Å². The number of rotatable bonds is 4. The van der Waals surface area contributed by atoms with Crippen LogP contribution in [0.15, 0.2) is 78.4 Å². The Balaban J connectivity index is 1.32. The maximum Gasteiger partial charge on any atom is 0.172 e. The van der Waals surface area contributed by atoms with E-state index in [1.54, 1.807) is 12.3 Å². The van der Waals surface area contributed by atoms with Crippen LogP contribution in [0.3, 0.4) is 0 Å². The van der Waals surface area contributed by atoms with Crippen molar-refractivity contribution in [2.75, 3.05) is 13.1 Å². The Kier molecular flexibility index (Phi) is 5.36. The van der Waals surface area contributed by atoms with Gasteiger partial charge in [-0.25, -0.2) is 0 Å². The fourth-order valence-electron chi connectivity index (χ4n) is 5.34. The van der Waals surface area contributed by atoms with Crippen molar-refractivity contribution in [3.05, 3.63) is 94.4 Å². The third-order valence-electron chi connectivity index (χ3n) is 6.98. The number of aromatic hydroxyl groups is 1. The third-order valence-corrected chi connectivity index (χ3v) is 7.84. The number of nitrogens with zero attached hydrogens (tertiary/aromatic N) is 2. The second-order valence-electron chi connectivity index (χ2n) is 8.96. The van der Waals surface area contributed by atoms with Gasteiger partial charge in [-0.1, -0.05) is 36.4 Å². The van der Waals surface area contributed by atoms with Crippen LogP contribution >= 0.6 is 11.3 Å². The number of phenols is 1. The zero-order valence-corrected chi connectivity index (χ0v) is 19.2. The van der Waals surface area contributed by atoms with Gasteiger partial charge in [0.1, 0.15) is 5.75 Å². The number of hydrogen-bond donors (Lipinski definition) is 1. The molecular weight excluding hydrogens is 428 g/mol. The minimum absolute atomic E-state index is 0.213. The second-order valence-corrected chi connectivity index (χ2v) is 9.99. The van der Waals surface area contributed by atoms with Gasteiger partial charge in [0.2, 0.25) is 0 Å². The molecule has 1 saturated heterocycles. The van der Waals surface area contributed by atoms with Crippen LogP contribution in [-0.2, 0) is 6.54 Å². The second kappa shape index (κ2) is 8.65. The predicted octanol–water partition coefficient (Wildman–Crippen LogP) is 6.67. The summed E-state index contributed by atoms with van der Waals surface area (Å²) in [5.41, 5.74) is 4.46. The highest BCUT2D eigenvalue weighted by molar-refractivity contribution is 7.09. The average molecular weight is 455 g/mol. The normalized spacial score (nSPS) is 18.4. The predicted molar refractivity (Wildman–Crippen MR) is 132 cm³/mol. The molecule has 4 nitrogen and oxygen atoms in total. The van der Waals surface area contributed by atoms with E-state index in [-0.39, 0.29) is 11.7 Å². The molecule has 1 atom stereocenters. The largest absolute Gasteiger partial charge is 0.504 e. The van der Waals surface area contributed by atoms with E-state index in [0.29, 0.717) is 11.7 Å². The van der Waals surface area contributed by atoms with Gasteiger partial charge in [-0.2, -0.15) is 0 Å². The smallest absolute Gasteiger partial charge is 0.172 e. The number of piperidine rings is 1. The molecule has 1 unspecified atom stereocenters. The first-order valence-corrected chi connectivity index (χ1v) is 12.4. The molecule has 2 aromatic carbocycles. The van der Waals surface area contributed by atoms with E-state index >= 15 is 0 Å². The Bertz CT molecular complexity index is 1250. The number of pyridine rings is 1. The Hall–Kier alpha value is -3.15. The monoisotopic (exact) mass is 454 g/mol. The van der Waals surface area contributed by atoms with Gasteiger partial charge in [-0.3, -0.25) is 9.88 Å². The number of fused-ring (bicyclic) bond motifs is 2. The van der Waals surface area contributed by atoms with E-state index < -0.39 is 0 Å². The lowest BCUT2D eigenvalue weighted by molar-refractivity contribution is 0.167. The molecule has 5 heteroatoms. The lowest BCUT2D eigenvalue weighted by atomic mass is 9.74. The van der Waals surface area contributed by atoms with Crippen LogP contribution in [0.2, 0.25) is 0 Å². The average Bonchev–Trinajstić information content (AvgIpc) is 3.37. The Morgan fingerprint density at radius 2 is 1.88 bits per heavy atom. The zero-order valence-electron chi connectivity index (χ0n) is 18.4. The number of likely N-dealkylation sites (tertiary alicyclic amines) is 1. The van der Waals surface area contributed by atoms with Crippen LogP contribution in [0.25, 0.3) is 11.1 Å². The number of benzene rings is 2. The molecule has 2 aliphatic heterocycles. The molecule has 0 aliphatic carbocycles. The highest BCUT2D eigenvalue weighted by Gasteiger charge is 2.36. The first kappa shape index (κ1) is 20.5. The third kappa shape index (κ3) is 3.92. The molecule has 0 spiro atoms. The lowest BCUT2D eigenvalue weighted by Gasteiger charge is -2.39. The molecule has 33 heavy (non-hydrogen) atoms. The van der Waals surface area contributed by atoms with E-state index in [9.17, 15) is 5.11 Å². The molecule has 0 bridgehead atoms. The van der Waals surface area contributed by atoms with Crippen molar-refractivity contribution in [3.8, 4) is 28.4 Å². The van der Waals surface area contributed by atoms with Gasteiger partial charge in [0.15, 0.2) is 11.5 Å². The maximum absolute atomic E-state index is 10.6. The van der Waals surface area contributed by atoms with Crippen LogP contribution in [0, 0.1) is 5.92 Å². The summed E-state index contributed by atoms with van der Waals surface area (Å²) in [4.78, 5) is 8.26. The first-order valence-electron chi connectivity index (χ1n) is 11.5. The molecule has 6 rings (SSSR count). The van der Waals surface area contributed by atoms with Crippen molar-refractivity contribution < 1.29 is 9.84 Å². The van der Waals surface area contributed by atoms with Gasteiger partial charge >= 0.3 is 0 Å². The topological polar surface area (TPSA) is 45.6 Å². The Morgan fingerprint density at radius 1 is 0.970 bits per heavy atom. The van der Waals surface area contributed by atoms with E-state index in [1.807, 2.05) is 29.7 Å². The van der Waals surface area contributed by atoms with Gasteiger partial charge in [0.05, 0.1) is 0 Å². The first-order chi connectivity index (χ1) is 16.3. The van der Waals surface area contributed by atoms with E-state index in [0.717, 1.165) is 54.9 Å². The minimum Gasteiger partial charge on any atom is -0.504 e. The summed E-state index contributed by atoms with van der Waals surface area (Å²) >= 11 is 1.84. The standard InChI is InChI=1S/C28H26N2O2S/c31-25-7-1-6-24-27(19-10-13-30(14-11-19)18-22-5-3-15-33-22)23-9-8-20(16-26(23)32-28(24)25)21-4-2-12-29-17-21/h1-9,12,15-17,19,27,31H,10-11,13-14,18H2. The number of hydrogen-bond acceptors (Lipinski definition) is 5. The van der Waals surface area contributed by atoms with Crippen LogP contribution in [-0.4, -0.2) is 28.1 Å². The molecule has 1 fully saturated rings.